The van der Waals surface area contributed by atoms with Gasteiger partial charge in [0, 0.05) is 26.2 Å². The van der Waals surface area contributed by atoms with Gasteiger partial charge in [-0.05, 0) is 67.9 Å². The van der Waals surface area contributed by atoms with Crippen molar-refractivity contribution in [3.05, 3.63) is 30.1 Å². The molecule has 1 amide bonds. The first-order valence-corrected chi connectivity index (χ1v) is 11.0. The Morgan fingerprint density at radius 1 is 0.931 bits per heavy atom. The number of para-hydroxylation sites is 1. The van der Waals surface area contributed by atoms with Crippen molar-refractivity contribution in [1.29, 1.82) is 0 Å². The predicted octanol–water partition coefficient (Wildman–Crippen LogP) is 3.09. The monoisotopic (exact) mass is 400 g/mol. The van der Waals surface area contributed by atoms with Crippen LogP contribution in [0.4, 0.5) is 10.1 Å². The molecule has 5 fully saturated rings. The van der Waals surface area contributed by atoms with Gasteiger partial charge in [-0.1, -0.05) is 12.1 Å². The van der Waals surface area contributed by atoms with Crippen molar-refractivity contribution < 1.29 is 18.7 Å². The zero-order valence-electron chi connectivity index (χ0n) is 16.8. The highest BCUT2D eigenvalue weighted by Crippen LogP contribution is 2.56. The Hall–Kier alpha value is -2.11. The lowest BCUT2D eigenvalue weighted by Gasteiger charge is -2.53. The molecule has 6 rings (SSSR count). The van der Waals surface area contributed by atoms with Crippen LogP contribution in [0, 0.1) is 35.4 Å². The van der Waals surface area contributed by atoms with Crippen LogP contribution < -0.4 is 4.90 Å². The zero-order chi connectivity index (χ0) is 20.0. The van der Waals surface area contributed by atoms with E-state index in [0.29, 0.717) is 43.7 Å². The Labute approximate surface area is 171 Å². The highest BCUT2D eigenvalue weighted by Gasteiger charge is 2.51. The van der Waals surface area contributed by atoms with Gasteiger partial charge in [-0.3, -0.25) is 9.59 Å². The van der Waals surface area contributed by atoms with Crippen LogP contribution >= 0.6 is 0 Å². The number of benzene rings is 1. The maximum absolute atomic E-state index is 14.0. The molecule has 1 heterocycles. The van der Waals surface area contributed by atoms with Crippen LogP contribution in [0.5, 0.6) is 0 Å². The molecule has 0 aromatic heterocycles. The summed E-state index contributed by atoms with van der Waals surface area (Å²) in [6.07, 6.45) is 6.01. The summed E-state index contributed by atoms with van der Waals surface area (Å²) in [6.45, 7) is 2.03. The highest BCUT2D eigenvalue weighted by atomic mass is 19.1. The van der Waals surface area contributed by atoms with Gasteiger partial charge in [0.2, 0.25) is 0 Å². The van der Waals surface area contributed by atoms with Gasteiger partial charge in [-0.25, -0.2) is 4.39 Å². The highest BCUT2D eigenvalue weighted by molar-refractivity contribution is 5.82. The van der Waals surface area contributed by atoms with Gasteiger partial charge in [0.05, 0.1) is 11.6 Å². The van der Waals surface area contributed by atoms with Gasteiger partial charge in [-0.2, -0.15) is 0 Å². The minimum atomic E-state index is -0.239. The lowest BCUT2D eigenvalue weighted by atomic mass is 9.52. The van der Waals surface area contributed by atoms with Gasteiger partial charge in [0.15, 0.2) is 6.61 Å². The van der Waals surface area contributed by atoms with E-state index in [4.69, 9.17) is 4.74 Å². The number of carbonyl (C=O) groups is 2. The van der Waals surface area contributed by atoms with E-state index in [1.165, 1.54) is 38.2 Å². The molecule has 4 aliphatic carbocycles. The topological polar surface area (TPSA) is 49.9 Å². The average molecular weight is 400 g/mol. The smallest absolute Gasteiger partial charge is 0.310 e. The molecule has 0 atom stereocenters. The Balaban J connectivity index is 1.11. The number of carbonyl (C=O) groups excluding carboxylic acids is 2. The van der Waals surface area contributed by atoms with Crippen molar-refractivity contribution in [1.82, 2.24) is 4.90 Å². The Bertz CT molecular complexity index is 762. The number of esters is 1. The van der Waals surface area contributed by atoms with E-state index in [1.54, 1.807) is 17.0 Å². The molecule has 156 valence electrons. The number of rotatable bonds is 4. The second-order valence-corrected chi connectivity index (χ2v) is 9.38. The summed E-state index contributed by atoms with van der Waals surface area (Å²) in [4.78, 5) is 29.0. The Morgan fingerprint density at radius 3 is 2.17 bits per heavy atom. The summed E-state index contributed by atoms with van der Waals surface area (Å²) < 4.78 is 19.5. The van der Waals surface area contributed by atoms with Crippen molar-refractivity contribution >= 4 is 17.6 Å². The lowest BCUT2D eigenvalue weighted by molar-refractivity contribution is -0.166. The molecule has 5 aliphatic rings. The fourth-order valence-electron chi connectivity index (χ4n) is 6.54. The van der Waals surface area contributed by atoms with Crippen LogP contribution in [0.25, 0.3) is 0 Å². The van der Waals surface area contributed by atoms with Crippen LogP contribution in [0.15, 0.2) is 24.3 Å². The number of hydrogen-bond acceptors (Lipinski definition) is 4. The van der Waals surface area contributed by atoms with E-state index in [9.17, 15) is 14.0 Å². The first kappa shape index (κ1) is 18.9. The summed E-state index contributed by atoms with van der Waals surface area (Å²) in [6, 6.07) is 6.71. The number of nitrogens with zero attached hydrogens (tertiary/aromatic N) is 2. The number of piperazine rings is 1. The van der Waals surface area contributed by atoms with Crippen LogP contribution in [0.2, 0.25) is 0 Å². The van der Waals surface area contributed by atoms with Crippen molar-refractivity contribution in [3.8, 4) is 0 Å². The van der Waals surface area contributed by atoms with E-state index in [-0.39, 0.29) is 30.2 Å². The summed E-state index contributed by atoms with van der Waals surface area (Å²) in [5.41, 5.74) is 0.577. The van der Waals surface area contributed by atoms with Gasteiger partial charge in [0.25, 0.3) is 5.91 Å². The van der Waals surface area contributed by atoms with Gasteiger partial charge in [0.1, 0.15) is 5.82 Å². The average Bonchev–Trinajstić information content (AvgIpc) is 2.72. The van der Waals surface area contributed by atoms with Crippen LogP contribution in [-0.4, -0.2) is 49.6 Å². The third kappa shape index (κ3) is 3.62. The number of ether oxygens (including phenoxy) is 1. The molecule has 29 heavy (non-hydrogen) atoms. The molecular weight excluding hydrogens is 371 g/mol. The van der Waals surface area contributed by atoms with Gasteiger partial charge in [-0.15, -0.1) is 0 Å². The molecule has 4 saturated carbocycles. The van der Waals surface area contributed by atoms with E-state index < -0.39 is 0 Å². The summed E-state index contributed by atoms with van der Waals surface area (Å²) >= 11 is 0. The van der Waals surface area contributed by atoms with Gasteiger partial charge >= 0.3 is 5.97 Å². The molecule has 1 aromatic rings. The van der Waals surface area contributed by atoms with Crippen molar-refractivity contribution in [2.24, 2.45) is 29.6 Å². The van der Waals surface area contributed by atoms with Crippen molar-refractivity contribution in [3.63, 3.8) is 0 Å². The number of amides is 1. The van der Waals surface area contributed by atoms with E-state index in [2.05, 4.69) is 0 Å². The quantitative estimate of drug-likeness (QED) is 0.729. The van der Waals surface area contributed by atoms with E-state index in [1.807, 2.05) is 11.0 Å². The third-order valence-electron chi connectivity index (χ3n) is 7.66. The fourth-order valence-corrected chi connectivity index (χ4v) is 6.54. The maximum atomic E-state index is 14.0. The van der Waals surface area contributed by atoms with E-state index in [0.717, 1.165) is 11.8 Å². The van der Waals surface area contributed by atoms with Crippen molar-refractivity contribution in [2.75, 3.05) is 37.7 Å². The van der Waals surface area contributed by atoms with Crippen LogP contribution in [-0.2, 0) is 14.3 Å². The molecule has 1 aliphatic heterocycles. The maximum Gasteiger partial charge on any atom is 0.310 e. The third-order valence-corrected chi connectivity index (χ3v) is 7.66. The zero-order valence-corrected chi connectivity index (χ0v) is 16.8. The van der Waals surface area contributed by atoms with Gasteiger partial charge < -0.3 is 14.5 Å². The summed E-state index contributed by atoms with van der Waals surface area (Å²) in [7, 11) is 0. The molecule has 1 aromatic carbocycles. The second-order valence-electron chi connectivity index (χ2n) is 9.38. The van der Waals surface area contributed by atoms with Crippen molar-refractivity contribution in [2.45, 2.75) is 32.1 Å². The number of anilines is 1. The minimum Gasteiger partial charge on any atom is -0.455 e. The molecule has 0 N–H and O–H groups in total. The summed E-state index contributed by atoms with van der Waals surface area (Å²) in [5, 5.41) is 0. The predicted molar refractivity (Wildman–Crippen MR) is 107 cm³/mol. The molecule has 0 radical (unpaired) electrons. The normalized spacial score (nSPS) is 33.1. The Kier molecular flexibility index (Phi) is 4.96. The summed E-state index contributed by atoms with van der Waals surface area (Å²) in [5.74, 6) is 2.04. The lowest BCUT2D eigenvalue weighted by Crippen LogP contribution is -2.51. The fraction of sp³-hybridized carbons (Fsp3) is 0.652. The molecule has 6 heteroatoms. The molecule has 4 bridgehead atoms. The molecular formula is C23H29FN2O3. The van der Waals surface area contributed by atoms with E-state index >= 15 is 0 Å². The van der Waals surface area contributed by atoms with Crippen LogP contribution in [0.1, 0.15) is 32.1 Å². The molecule has 0 unspecified atom stereocenters. The largest absolute Gasteiger partial charge is 0.455 e. The molecule has 1 saturated heterocycles. The standard InChI is InChI=1S/C23H29FN2O3/c24-19-3-1-2-4-20(19)25-5-7-26(8-6-25)21(27)14-29-23(28)22-17-10-15-9-16(12-17)13-18(22)11-15/h1-4,15-18,22H,5-14H2. The SMILES string of the molecule is O=C(OCC(=O)N1CCN(c2ccccc2F)CC1)C1C2CC3CC(C2)CC1C3. The minimum absolute atomic E-state index is 0.00787. The molecule has 5 nitrogen and oxygen atoms in total. The first-order valence-electron chi connectivity index (χ1n) is 11.0. The Morgan fingerprint density at radius 2 is 1.55 bits per heavy atom. The number of hydrogen-bond donors (Lipinski definition) is 0. The first-order chi connectivity index (χ1) is 14.1. The molecule has 0 spiro atoms. The van der Waals surface area contributed by atoms with Crippen LogP contribution in [0.3, 0.4) is 0 Å². The number of halogens is 1. The second kappa shape index (κ2) is 7.62.